The van der Waals surface area contributed by atoms with Gasteiger partial charge in [-0.15, -0.1) is 0 Å². The predicted octanol–water partition coefficient (Wildman–Crippen LogP) is 4.74. The summed E-state index contributed by atoms with van der Waals surface area (Å²) in [5, 5.41) is 0. The third-order valence-electron chi connectivity index (χ3n) is 4.50. The largest absolute Gasteiger partial charge is 0.0614 e. The molecule has 0 bridgehead atoms. The van der Waals surface area contributed by atoms with Crippen molar-refractivity contribution in [3.8, 4) is 0 Å². The summed E-state index contributed by atoms with van der Waals surface area (Å²) in [6.07, 6.45) is 0. The molecular formula is C16H24. The zero-order chi connectivity index (χ0) is 12.1. The molecule has 88 valence electrons. The Bertz CT molecular complexity index is 375. The maximum Gasteiger partial charge on any atom is -0.00768 e. The second kappa shape index (κ2) is 3.35. The van der Waals surface area contributed by atoms with E-state index < -0.39 is 0 Å². The molecule has 0 saturated heterocycles. The Labute approximate surface area is 100 Å². The molecule has 16 heavy (non-hydrogen) atoms. The Hall–Kier alpha value is -0.780. The van der Waals surface area contributed by atoms with Gasteiger partial charge in [-0.3, -0.25) is 0 Å². The van der Waals surface area contributed by atoms with Crippen molar-refractivity contribution in [3.05, 3.63) is 35.4 Å². The molecule has 0 amide bonds. The highest BCUT2D eigenvalue weighted by molar-refractivity contribution is 5.35. The Morgan fingerprint density at radius 3 is 1.75 bits per heavy atom. The van der Waals surface area contributed by atoms with E-state index >= 15 is 0 Å². The van der Waals surface area contributed by atoms with Crippen molar-refractivity contribution >= 4 is 0 Å². The minimum atomic E-state index is 0.267. The smallest absolute Gasteiger partial charge is 0.00768 e. The van der Waals surface area contributed by atoms with E-state index in [0.29, 0.717) is 5.41 Å². The molecule has 1 aliphatic carbocycles. The van der Waals surface area contributed by atoms with Gasteiger partial charge < -0.3 is 0 Å². The molecule has 2 rings (SSSR count). The first-order valence-corrected chi connectivity index (χ1v) is 6.35. The van der Waals surface area contributed by atoms with Crippen LogP contribution in [0.5, 0.6) is 0 Å². The summed E-state index contributed by atoms with van der Waals surface area (Å²) >= 11 is 0. The average Bonchev–Trinajstić information content (AvgIpc) is 2.65. The fourth-order valence-electron chi connectivity index (χ4n) is 2.80. The summed E-state index contributed by atoms with van der Waals surface area (Å²) in [6.45, 7) is 13.9. The molecule has 0 spiro atoms. The molecule has 0 N–H and O–H groups in total. The molecule has 0 nitrogen and oxygen atoms in total. The number of rotatable bonds is 1. The molecule has 0 heteroatoms. The summed E-state index contributed by atoms with van der Waals surface area (Å²) in [4.78, 5) is 0. The van der Waals surface area contributed by atoms with Crippen molar-refractivity contribution in [2.45, 2.75) is 52.9 Å². The molecule has 2 atom stereocenters. The zero-order valence-corrected chi connectivity index (χ0v) is 11.5. The SMILES string of the molecule is C[C@H]1[C@H](c2ccc(C(C)(C)C)cc2)C1(C)C. The Balaban J connectivity index is 2.22. The van der Waals surface area contributed by atoms with Crippen LogP contribution in [-0.4, -0.2) is 0 Å². The summed E-state index contributed by atoms with van der Waals surface area (Å²) in [5.41, 5.74) is 3.72. The third kappa shape index (κ3) is 1.79. The lowest BCUT2D eigenvalue weighted by Gasteiger charge is -2.19. The Morgan fingerprint density at radius 1 is 1.00 bits per heavy atom. The van der Waals surface area contributed by atoms with Crippen LogP contribution in [0.3, 0.4) is 0 Å². The summed E-state index contributed by atoms with van der Waals surface area (Å²) in [6, 6.07) is 9.26. The standard InChI is InChI=1S/C16H24/c1-11-14(16(11,5)6)12-7-9-13(10-8-12)15(2,3)4/h7-11,14H,1-6H3/t11-,14+/m0/s1. The van der Waals surface area contributed by atoms with Crippen LogP contribution in [0, 0.1) is 11.3 Å². The van der Waals surface area contributed by atoms with E-state index in [2.05, 4.69) is 65.8 Å². The predicted molar refractivity (Wildman–Crippen MR) is 70.8 cm³/mol. The maximum absolute atomic E-state index is 2.38. The van der Waals surface area contributed by atoms with Gasteiger partial charge in [0.15, 0.2) is 0 Å². The molecule has 0 heterocycles. The number of benzene rings is 1. The zero-order valence-electron chi connectivity index (χ0n) is 11.5. The van der Waals surface area contributed by atoms with Gasteiger partial charge in [0.1, 0.15) is 0 Å². The van der Waals surface area contributed by atoms with Gasteiger partial charge in [-0.2, -0.15) is 0 Å². The Morgan fingerprint density at radius 2 is 1.44 bits per heavy atom. The lowest BCUT2D eigenvalue weighted by Crippen LogP contribution is -2.10. The van der Waals surface area contributed by atoms with E-state index in [9.17, 15) is 0 Å². The lowest BCUT2D eigenvalue weighted by molar-refractivity contribution is 0.574. The van der Waals surface area contributed by atoms with Crippen LogP contribution in [0.15, 0.2) is 24.3 Å². The normalized spacial score (nSPS) is 27.9. The topological polar surface area (TPSA) is 0 Å². The van der Waals surface area contributed by atoms with Gasteiger partial charge in [0.25, 0.3) is 0 Å². The fourth-order valence-corrected chi connectivity index (χ4v) is 2.80. The van der Waals surface area contributed by atoms with Crippen molar-refractivity contribution in [1.29, 1.82) is 0 Å². The van der Waals surface area contributed by atoms with E-state index in [1.807, 2.05) is 0 Å². The van der Waals surface area contributed by atoms with Gasteiger partial charge in [0, 0.05) is 0 Å². The van der Waals surface area contributed by atoms with Gasteiger partial charge in [0.05, 0.1) is 0 Å². The summed E-state index contributed by atoms with van der Waals surface area (Å²) in [7, 11) is 0. The molecule has 0 unspecified atom stereocenters. The first-order valence-electron chi connectivity index (χ1n) is 6.35. The highest BCUT2D eigenvalue weighted by Crippen LogP contribution is 2.64. The highest BCUT2D eigenvalue weighted by Gasteiger charge is 2.54. The van der Waals surface area contributed by atoms with Crippen LogP contribution < -0.4 is 0 Å². The van der Waals surface area contributed by atoms with Gasteiger partial charge in [-0.25, -0.2) is 0 Å². The van der Waals surface area contributed by atoms with Gasteiger partial charge in [-0.1, -0.05) is 65.8 Å². The van der Waals surface area contributed by atoms with Crippen molar-refractivity contribution < 1.29 is 0 Å². The quantitative estimate of drug-likeness (QED) is 0.636. The van der Waals surface area contributed by atoms with E-state index in [4.69, 9.17) is 0 Å². The minimum Gasteiger partial charge on any atom is -0.0614 e. The number of hydrogen-bond acceptors (Lipinski definition) is 0. The van der Waals surface area contributed by atoms with Crippen molar-refractivity contribution in [2.24, 2.45) is 11.3 Å². The molecule has 1 saturated carbocycles. The van der Waals surface area contributed by atoms with Crippen LogP contribution in [-0.2, 0) is 5.41 Å². The second-order valence-corrected chi connectivity index (χ2v) is 6.96. The summed E-state index contributed by atoms with van der Waals surface area (Å²) in [5.74, 6) is 1.59. The number of hydrogen-bond donors (Lipinski definition) is 0. The maximum atomic E-state index is 2.38. The van der Waals surface area contributed by atoms with Crippen molar-refractivity contribution in [2.75, 3.05) is 0 Å². The monoisotopic (exact) mass is 216 g/mol. The molecular weight excluding hydrogens is 192 g/mol. The first-order chi connectivity index (χ1) is 7.24. The molecule has 1 aromatic carbocycles. The van der Waals surface area contributed by atoms with Crippen LogP contribution in [0.25, 0.3) is 0 Å². The van der Waals surface area contributed by atoms with Crippen LogP contribution in [0.4, 0.5) is 0 Å². The van der Waals surface area contributed by atoms with E-state index in [-0.39, 0.29) is 5.41 Å². The first kappa shape index (κ1) is 11.7. The van der Waals surface area contributed by atoms with Crippen LogP contribution in [0.1, 0.15) is 58.6 Å². The highest BCUT2D eigenvalue weighted by atomic mass is 14.6. The second-order valence-electron chi connectivity index (χ2n) is 6.96. The van der Waals surface area contributed by atoms with Crippen LogP contribution in [0.2, 0.25) is 0 Å². The van der Waals surface area contributed by atoms with Gasteiger partial charge >= 0.3 is 0 Å². The van der Waals surface area contributed by atoms with Gasteiger partial charge in [-0.05, 0) is 33.8 Å². The van der Waals surface area contributed by atoms with Crippen molar-refractivity contribution in [3.63, 3.8) is 0 Å². The Kier molecular flexibility index (Phi) is 2.45. The molecule has 0 aromatic heterocycles. The molecule has 1 aliphatic rings. The molecule has 0 radical (unpaired) electrons. The van der Waals surface area contributed by atoms with Gasteiger partial charge in [0.2, 0.25) is 0 Å². The summed E-state index contributed by atoms with van der Waals surface area (Å²) < 4.78 is 0. The van der Waals surface area contributed by atoms with E-state index in [1.54, 1.807) is 0 Å². The fraction of sp³-hybridized carbons (Fsp3) is 0.625. The van der Waals surface area contributed by atoms with E-state index in [1.165, 1.54) is 11.1 Å². The third-order valence-corrected chi connectivity index (χ3v) is 4.50. The van der Waals surface area contributed by atoms with Crippen LogP contribution >= 0.6 is 0 Å². The van der Waals surface area contributed by atoms with Crippen molar-refractivity contribution in [1.82, 2.24) is 0 Å². The molecule has 1 aromatic rings. The molecule has 1 fully saturated rings. The minimum absolute atomic E-state index is 0.267. The van der Waals surface area contributed by atoms with E-state index in [0.717, 1.165) is 11.8 Å². The average molecular weight is 216 g/mol. The lowest BCUT2D eigenvalue weighted by atomic mass is 9.86. The molecule has 0 aliphatic heterocycles.